The summed E-state index contributed by atoms with van der Waals surface area (Å²) in [6.07, 6.45) is 1.18. The van der Waals surface area contributed by atoms with E-state index in [0.29, 0.717) is 12.6 Å². The summed E-state index contributed by atoms with van der Waals surface area (Å²) in [4.78, 5) is 0. The largest absolute Gasteiger partial charge is 0.494 e. The number of hydrogen-bond donors (Lipinski definition) is 1. The van der Waals surface area contributed by atoms with Crippen LogP contribution in [0.5, 0.6) is 5.75 Å². The second-order valence-corrected chi connectivity index (χ2v) is 4.64. The number of anilines is 1. The van der Waals surface area contributed by atoms with Crippen molar-refractivity contribution in [1.29, 1.82) is 0 Å². The molecule has 0 aliphatic heterocycles. The molecule has 16 heavy (non-hydrogen) atoms. The van der Waals surface area contributed by atoms with Crippen molar-refractivity contribution >= 4 is 5.69 Å². The lowest BCUT2D eigenvalue weighted by molar-refractivity contribution is 0.340. The molecule has 1 rings (SSSR count). The van der Waals surface area contributed by atoms with Crippen molar-refractivity contribution in [3.8, 4) is 5.75 Å². The molecule has 0 saturated carbocycles. The van der Waals surface area contributed by atoms with Crippen LogP contribution in [-0.2, 0) is 0 Å². The standard InChI is InChI=1S/C14H23NO/c1-5-16-14-8-6-7-13(10-14)15-12(4)9-11(2)3/h6-8,10-12,15H,5,9H2,1-4H3. The van der Waals surface area contributed by atoms with Gasteiger partial charge in [0.15, 0.2) is 0 Å². The lowest BCUT2D eigenvalue weighted by Gasteiger charge is -2.17. The second kappa shape index (κ2) is 6.41. The fourth-order valence-electron chi connectivity index (χ4n) is 1.89. The van der Waals surface area contributed by atoms with Crippen LogP contribution in [0.3, 0.4) is 0 Å². The molecule has 0 saturated heterocycles. The Labute approximate surface area is 99.0 Å². The van der Waals surface area contributed by atoms with Crippen LogP contribution in [0.2, 0.25) is 0 Å². The summed E-state index contributed by atoms with van der Waals surface area (Å²) in [6, 6.07) is 8.65. The maximum absolute atomic E-state index is 5.47. The summed E-state index contributed by atoms with van der Waals surface area (Å²) in [5.41, 5.74) is 1.14. The zero-order valence-electron chi connectivity index (χ0n) is 10.8. The third-order valence-electron chi connectivity index (χ3n) is 2.38. The molecule has 1 aromatic rings. The first-order valence-electron chi connectivity index (χ1n) is 6.11. The maximum atomic E-state index is 5.47. The molecule has 0 aliphatic rings. The Morgan fingerprint density at radius 2 is 2.00 bits per heavy atom. The highest BCUT2D eigenvalue weighted by molar-refractivity contribution is 5.48. The third kappa shape index (κ3) is 4.56. The summed E-state index contributed by atoms with van der Waals surface area (Å²) >= 11 is 0. The molecule has 1 aromatic carbocycles. The predicted octanol–water partition coefficient (Wildman–Crippen LogP) is 3.93. The van der Waals surface area contributed by atoms with E-state index in [9.17, 15) is 0 Å². The molecule has 0 bridgehead atoms. The molecular weight excluding hydrogens is 198 g/mol. The normalized spacial score (nSPS) is 12.6. The fraction of sp³-hybridized carbons (Fsp3) is 0.571. The van der Waals surface area contributed by atoms with Crippen LogP contribution >= 0.6 is 0 Å². The van der Waals surface area contributed by atoms with Gasteiger partial charge in [-0.25, -0.2) is 0 Å². The van der Waals surface area contributed by atoms with Gasteiger partial charge in [-0.1, -0.05) is 19.9 Å². The topological polar surface area (TPSA) is 21.3 Å². The Bertz CT molecular complexity index is 309. The molecule has 0 amide bonds. The van der Waals surface area contributed by atoms with Crippen molar-refractivity contribution in [1.82, 2.24) is 0 Å². The molecule has 0 fully saturated rings. The average molecular weight is 221 g/mol. The highest BCUT2D eigenvalue weighted by atomic mass is 16.5. The Hall–Kier alpha value is -1.18. The van der Waals surface area contributed by atoms with Crippen LogP contribution in [-0.4, -0.2) is 12.6 Å². The number of ether oxygens (including phenoxy) is 1. The van der Waals surface area contributed by atoms with Crippen molar-refractivity contribution in [3.63, 3.8) is 0 Å². The van der Waals surface area contributed by atoms with Crippen LogP contribution in [0, 0.1) is 5.92 Å². The van der Waals surface area contributed by atoms with Gasteiger partial charge in [0.25, 0.3) is 0 Å². The zero-order valence-corrected chi connectivity index (χ0v) is 10.8. The zero-order chi connectivity index (χ0) is 12.0. The molecule has 2 nitrogen and oxygen atoms in total. The van der Waals surface area contributed by atoms with Crippen LogP contribution in [0.1, 0.15) is 34.1 Å². The first-order chi connectivity index (χ1) is 7.61. The minimum Gasteiger partial charge on any atom is -0.494 e. The smallest absolute Gasteiger partial charge is 0.121 e. The SMILES string of the molecule is CCOc1cccc(NC(C)CC(C)C)c1. The van der Waals surface area contributed by atoms with Crippen molar-refractivity contribution in [2.24, 2.45) is 5.92 Å². The highest BCUT2D eigenvalue weighted by Crippen LogP contribution is 2.19. The van der Waals surface area contributed by atoms with Gasteiger partial charge in [0.05, 0.1) is 6.61 Å². The molecule has 1 unspecified atom stereocenters. The van der Waals surface area contributed by atoms with Gasteiger partial charge in [-0.3, -0.25) is 0 Å². The predicted molar refractivity (Wildman–Crippen MR) is 70.2 cm³/mol. The molecule has 90 valence electrons. The van der Waals surface area contributed by atoms with Crippen molar-refractivity contribution < 1.29 is 4.74 Å². The molecule has 0 aromatic heterocycles. The summed E-state index contributed by atoms with van der Waals surface area (Å²) < 4.78 is 5.47. The third-order valence-corrected chi connectivity index (χ3v) is 2.38. The van der Waals surface area contributed by atoms with Gasteiger partial charge in [-0.2, -0.15) is 0 Å². The van der Waals surface area contributed by atoms with Gasteiger partial charge in [0, 0.05) is 17.8 Å². The van der Waals surface area contributed by atoms with E-state index < -0.39 is 0 Å². The maximum Gasteiger partial charge on any atom is 0.121 e. The molecule has 1 N–H and O–H groups in total. The van der Waals surface area contributed by atoms with Crippen LogP contribution in [0.25, 0.3) is 0 Å². The van der Waals surface area contributed by atoms with Gasteiger partial charge < -0.3 is 10.1 Å². The van der Waals surface area contributed by atoms with E-state index in [4.69, 9.17) is 4.74 Å². The molecule has 0 radical (unpaired) electrons. The Morgan fingerprint density at radius 3 is 2.62 bits per heavy atom. The van der Waals surface area contributed by atoms with E-state index in [1.165, 1.54) is 6.42 Å². The lowest BCUT2D eigenvalue weighted by atomic mass is 10.1. The van der Waals surface area contributed by atoms with Crippen LogP contribution < -0.4 is 10.1 Å². The van der Waals surface area contributed by atoms with Gasteiger partial charge in [0.2, 0.25) is 0 Å². The van der Waals surface area contributed by atoms with Crippen molar-refractivity contribution in [2.45, 2.75) is 40.2 Å². The van der Waals surface area contributed by atoms with E-state index >= 15 is 0 Å². The average Bonchev–Trinajstić information content (AvgIpc) is 2.17. The van der Waals surface area contributed by atoms with Crippen LogP contribution in [0.15, 0.2) is 24.3 Å². The first-order valence-corrected chi connectivity index (χ1v) is 6.11. The quantitative estimate of drug-likeness (QED) is 0.785. The Balaban J connectivity index is 2.55. The molecule has 0 aliphatic carbocycles. The Morgan fingerprint density at radius 1 is 1.25 bits per heavy atom. The van der Waals surface area contributed by atoms with Gasteiger partial charge >= 0.3 is 0 Å². The number of benzene rings is 1. The van der Waals surface area contributed by atoms with Crippen molar-refractivity contribution in [3.05, 3.63) is 24.3 Å². The van der Waals surface area contributed by atoms with E-state index in [1.54, 1.807) is 0 Å². The minimum atomic E-state index is 0.497. The van der Waals surface area contributed by atoms with E-state index in [0.717, 1.165) is 17.4 Å². The van der Waals surface area contributed by atoms with E-state index in [-0.39, 0.29) is 0 Å². The summed E-state index contributed by atoms with van der Waals surface area (Å²) in [7, 11) is 0. The number of rotatable bonds is 6. The van der Waals surface area contributed by atoms with E-state index in [2.05, 4.69) is 38.2 Å². The van der Waals surface area contributed by atoms with E-state index in [1.807, 2.05) is 19.1 Å². The highest BCUT2D eigenvalue weighted by Gasteiger charge is 2.05. The minimum absolute atomic E-state index is 0.497. The molecule has 2 heteroatoms. The summed E-state index contributed by atoms with van der Waals surface area (Å²) in [6.45, 7) is 9.42. The molecule has 0 heterocycles. The monoisotopic (exact) mass is 221 g/mol. The summed E-state index contributed by atoms with van der Waals surface area (Å²) in [5, 5.41) is 3.49. The van der Waals surface area contributed by atoms with Gasteiger partial charge in [-0.15, -0.1) is 0 Å². The Kier molecular flexibility index (Phi) is 5.17. The molecule has 1 atom stereocenters. The number of nitrogens with one attached hydrogen (secondary N) is 1. The van der Waals surface area contributed by atoms with Crippen molar-refractivity contribution in [2.75, 3.05) is 11.9 Å². The fourth-order valence-corrected chi connectivity index (χ4v) is 1.89. The molecule has 0 spiro atoms. The summed E-state index contributed by atoms with van der Waals surface area (Å²) in [5.74, 6) is 1.65. The first kappa shape index (κ1) is 12.9. The lowest BCUT2D eigenvalue weighted by Crippen LogP contribution is -2.17. The number of hydrogen-bond acceptors (Lipinski definition) is 2. The molecular formula is C14H23NO. The van der Waals surface area contributed by atoms with Crippen LogP contribution in [0.4, 0.5) is 5.69 Å². The second-order valence-electron chi connectivity index (χ2n) is 4.64. The van der Waals surface area contributed by atoms with Gasteiger partial charge in [-0.05, 0) is 38.3 Å². The van der Waals surface area contributed by atoms with Gasteiger partial charge in [0.1, 0.15) is 5.75 Å².